The minimum atomic E-state index is -3.14. The van der Waals surface area contributed by atoms with Crippen LogP contribution in [0.15, 0.2) is 0 Å². The molecule has 3 fully saturated rings. The molecule has 2 saturated heterocycles. The van der Waals surface area contributed by atoms with E-state index in [-0.39, 0.29) is 36.0 Å². The monoisotopic (exact) mass is 486 g/mol. The van der Waals surface area contributed by atoms with Crippen molar-refractivity contribution in [1.29, 1.82) is 0 Å². The van der Waals surface area contributed by atoms with Crippen LogP contribution in [0.2, 0.25) is 0 Å². The largest absolute Gasteiger partial charge is 0.455 e. The summed E-state index contributed by atoms with van der Waals surface area (Å²) in [5, 5.41) is 0. The Morgan fingerprint density at radius 3 is 2.27 bits per heavy atom. The number of piperidine rings is 1. The van der Waals surface area contributed by atoms with Crippen molar-refractivity contribution >= 4 is 27.8 Å². The van der Waals surface area contributed by atoms with Crippen molar-refractivity contribution in [3.8, 4) is 0 Å². The van der Waals surface area contributed by atoms with Crippen LogP contribution in [0.3, 0.4) is 0 Å². The van der Waals surface area contributed by atoms with Crippen LogP contribution in [0, 0.1) is 5.92 Å². The van der Waals surface area contributed by atoms with E-state index in [2.05, 4.69) is 0 Å². The lowest BCUT2D eigenvalue weighted by atomic mass is 9.93. The van der Waals surface area contributed by atoms with E-state index >= 15 is 0 Å². The summed E-state index contributed by atoms with van der Waals surface area (Å²) < 4.78 is 34.9. The molecular formula is C23H38N2O7S. The van der Waals surface area contributed by atoms with Crippen LogP contribution in [-0.4, -0.2) is 85.1 Å². The molecule has 9 nitrogen and oxygen atoms in total. The van der Waals surface area contributed by atoms with E-state index in [1.165, 1.54) is 4.90 Å². The summed E-state index contributed by atoms with van der Waals surface area (Å²) in [6, 6.07) is -0.345. The molecule has 1 aliphatic carbocycles. The molecule has 0 aromatic heterocycles. The van der Waals surface area contributed by atoms with Crippen molar-refractivity contribution in [2.75, 3.05) is 31.2 Å². The summed E-state index contributed by atoms with van der Waals surface area (Å²) in [6.45, 7) is 5.70. The van der Waals surface area contributed by atoms with Gasteiger partial charge in [-0.3, -0.25) is 9.59 Å². The molecule has 0 bridgehead atoms. The van der Waals surface area contributed by atoms with Crippen LogP contribution < -0.4 is 0 Å². The van der Waals surface area contributed by atoms with Gasteiger partial charge in [0.05, 0.1) is 17.4 Å². The molecule has 3 rings (SSSR count). The fourth-order valence-electron chi connectivity index (χ4n) is 5.05. The van der Waals surface area contributed by atoms with Gasteiger partial charge in [0, 0.05) is 25.2 Å². The zero-order valence-electron chi connectivity index (χ0n) is 20.1. The summed E-state index contributed by atoms with van der Waals surface area (Å²) in [7, 11) is -3.14. The fraction of sp³-hybridized carbons (Fsp3) is 0.870. The number of likely N-dealkylation sites (tertiary alicyclic amines) is 1. The number of hydrogen-bond acceptors (Lipinski definition) is 7. The average molecular weight is 487 g/mol. The lowest BCUT2D eigenvalue weighted by Crippen LogP contribution is -2.50. The maximum absolute atomic E-state index is 13.1. The van der Waals surface area contributed by atoms with Crippen LogP contribution >= 0.6 is 0 Å². The highest BCUT2D eigenvalue weighted by Gasteiger charge is 2.39. The third-order valence-electron chi connectivity index (χ3n) is 6.60. The zero-order valence-corrected chi connectivity index (χ0v) is 20.9. The molecule has 0 spiro atoms. The quantitative estimate of drug-likeness (QED) is 0.549. The SMILES string of the molecule is CC(C)(C)OC(=O)N1CCCC(C(=O)OCC(=O)N(C2CCCCC2)C2CCS(=O)(=O)C2)C1. The second kappa shape index (κ2) is 10.6. The van der Waals surface area contributed by atoms with Gasteiger partial charge in [-0.2, -0.15) is 0 Å². The number of nitrogens with zero attached hydrogens (tertiary/aromatic N) is 2. The van der Waals surface area contributed by atoms with Crippen molar-refractivity contribution in [1.82, 2.24) is 9.80 Å². The third-order valence-corrected chi connectivity index (χ3v) is 8.35. The first-order valence-corrected chi connectivity index (χ1v) is 13.9. The molecule has 3 aliphatic rings. The lowest BCUT2D eigenvalue weighted by Gasteiger charge is -2.38. The summed E-state index contributed by atoms with van der Waals surface area (Å²) in [6.07, 6.45) is 6.06. The van der Waals surface area contributed by atoms with Crippen LogP contribution in [-0.2, 0) is 28.9 Å². The number of amides is 2. The highest BCUT2D eigenvalue weighted by Crippen LogP contribution is 2.29. The maximum Gasteiger partial charge on any atom is 0.410 e. The standard InChI is InChI=1S/C23H38N2O7S/c1-23(2,3)32-22(28)24-12-7-8-17(14-24)21(27)31-15-20(26)25(18-9-5-4-6-10-18)19-11-13-33(29,30)16-19/h17-19H,4-16H2,1-3H3. The second-order valence-corrected chi connectivity index (χ2v) is 12.8. The Kier molecular flexibility index (Phi) is 8.29. The minimum Gasteiger partial charge on any atom is -0.455 e. The highest BCUT2D eigenvalue weighted by atomic mass is 32.2. The minimum absolute atomic E-state index is 0.000549. The topological polar surface area (TPSA) is 110 Å². The van der Waals surface area contributed by atoms with E-state index in [9.17, 15) is 22.8 Å². The number of ether oxygens (including phenoxy) is 2. The van der Waals surface area contributed by atoms with Crippen LogP contribution in [0.4, 0.5) is 4.79 Å². The van der Waals surface area contributed by atoms with E-state index in [1.54, 1.807) is 25.7 Å². The Hall–Kier alpha value is -1.84. The Labute approximate surface area is 197 Å². The molecule has 33 heavy (non-hydrogen) atoms. The van der Waals surface area contributed by atoms with Gasteiger partial charge in [-0.05, 0) is 52.9 Å². The molecule has 2 amide bonds. The van der Waals surface area contributed by atoms with E-state index in [0.717, 1.165) is 32.1 Å². The van der Waals surface area contributed by atoms with Gasteiger partial charge in [-0.15, -0.1) is 0 Å². The average Bonchev–Trinajstić information content (AvgIpc) is 3.11. The number of esters is 1. The number of sulfone groups is 1. The van der Waals surface area contributed by atoms with Crippen molar-refractivity contribution < 1.29 is 32.3 Å². The van der Waals surface area contributed by atoms with Gasteiger partial charge in [0.25, 0.3) is 5.91 Å². The smallest absolute Gasteiger partial charge is 0.410 e. The van der Waals surface area contributed by atoms with Gasteiger partial charge >= 0.3 is 12.1 Å². The van der Waals surface area contributed by atoms with Crippen LogP contribution in [0.25, 0.3) is 0 Å². The zero-order chi connectivity index (χ0) is 24.2. The van der Waals surface area contributed by atoms with Gasteiger partial charge < -0.3 is 19.3 Å². The van der Waals surface area contributed by atoms with E-state index in [1.807, 2.05) is 0 Å². The molecule has 10 heteroatoms. The van der Waals surface area contributed by atoms with Gasteiger partial charge in [-0.1, -0.05) is 19.3 Å². The molecule has 0 radical (unpaired) electrons. The Balaban J connectivity index is 1.57. The first-order valence-electron chi connectivity index (χ1n) is 12.1. The third kappa shape index (κ3) is 7.32. The molecule has 0 aromatic carbocycles. The van der Waals surface area contributed by atoms with Crippen molar-refractivity contribution in [3.05, 3.63) is 0 Å². The maximum atomic E-state index is 13.1. The van der Waals surface area contributed by atoms with Gasteiger partial charge in [0.15, 0.2) is 16.4 Å². The van der Waals surface area contributed by atoms with E-state index in [4.69, 9.17) is 9.47 Å². The van der Waals surface area contributed by atoms with Crippen LogP contribution in [0.5, 0.6) is 0 Å². The number of carbonyl (C=O) groups excluding carboxylic acids is 3. The highest BCUT2D eigenvalue weighted by molar-refractivity contribution is 7.91. The molecule has 2 unspecified atom stereocenters. The number of carbonyl (C=O) groups is 3. The van der Waals surface area contributed by atoms with E-state index in [0.29, 0.717) is 25.8 Å². The summed E-state index contributed by atoms with van der Waals surface area (Å²) in [5.74, 6) is -1.25. The van der Waals surface area contributed by atoms with Crippen molar-refractivity contribution in [2.24, 2.45) is 5.92 Å². The predicted octanol–water partition coefficient (Wildman–Crippen LogP) is 2.53. The molecular weight excluding hydrogens is 448 g/mol. The molecule has 0 N–H and O–H groups in total. The first-order chi connectivity index (χ1) is 15.5. The molecule has 2 atom stereocenters. The lowest BCUT2D eigenvalue weighted by molar-refractivity contribution is -0.158. The van der Waals surface area contributed by atoms with Crippen molar-refractivity contribution in [2.45, 2.75) is 89.8 Å². The van der Waals surface area contributed by atoms with Crippen molar-refractivity contribution in [3.63, 3.8) is 0 Å². The molecule has 0 aromatic rings. The Morgan fingerprint density at radius 2 is 1.67 bits per heavy atom. The summed E-state index contributed by atoms with van der Waals surface area (Å²) in [4.78, 5) is 41.4. The van der Waals surface area contributed by atoms with Gasteiger partial charge in [0.2, 0.25) is 0 Å². The molecule has 2 aliphatic heterocycles. The molecule has 1 saturated carbocycles. The van der Waals surface area contributed by atoms with E-state index < -0.39 is 40.0 Å². The first kappa shape index (κ1) is 25.8. The Morgan fingerprint density at radius 1 is 0.970 bits per heavy atom. The number of hydrogen-bond donors (Lipinski definition) is 0. The molecule has 2 heterocycles. The fourth-order valence-corrected chi connectivity index (χ4v) is 6.76. The van der Waals surface area contributed by atoms with Gasteiger partial charge in [-0.25, -0.2) is 13.2 Å². The summed E-state index contributed by atoms with van der Waals surface area (Å²) in [5.41, 5.74) is -0.618. The normalized spacial score (nSPS) is 26.0. The molecule has 188 valence electrons. The predicted molar refractivity (Wildman–Crippen MR) is 122 cm³/mol. The second-order valence-electron chi connectivity index (χ2n) is 10.5. The van der Waals surface area contributed by atoms with Gasteiger partial charge in [0.1, 0.15) is 5.60 Å². The summed E-state index contributed by atoms with van der Waals surface area (Å²) >= 11 is 0. The van der Waals surface area contributed by atoms with Crippen LogP contribution in [0.1, 0.15) is 72.1 Å². The Bertz CT molecular complexity index is 830. The number of rotatable bonds is 5.